The van der Waals surface area contributed by atoms with Crippen LogP contribution in [0.2, 0.25) is 0 Å². The zero-order chi connectivity index (χ0) is 22.0. The molecule has 10 heteroatoms. The van der Waals surface area contributed by atoms with E-state index in [-0.39, 0.29) is 11.9 Å². The fourth-order valence-electron chi connectivity index (χ4n) is 3.77. The Labute approximate surface area is 197 Å². The lowest BCUT2D eigenvalue weighted by Crippen LogP contribution is -2.33. The number of anilines is 2. The predicted molar refractivity (Wildman–Crippen MR) is 132 cm³/mol. The second kappa shape index (κ2) is 9.51. The lowest BCUT2D eigenvalue weighted by Gasteiger charge is -2.22. The first kappa shape index (κ1) is 22.0. The van der Waals surface area contributed by atoms with Crippen molar-refractivity contribution < 1.29 is 14.3 Å². The Morgan fingerprint density at radius 1 is 1.35 bits per heavy atom. The molecular weight excluding hydrogens is 529 g/mol. The molecule has 1 aromatic carbocycles. The summed E-state index contributed by atoms with van der Waals surface area (Å²) in [6.07, 6.45) is 4.02. The Bertz CT molecular complexity index is 1110. The van der Waals surface area contributed by atoms with Gasteiger partial charge in [-0.15, -0.1) is 0 Å². The maximum Gasteiger partial charge on any atom is 0.254 e. The van der Waals surface area contributed by atoms with Gasteiger partial charge in [-0.05, 0) is 51.0 Å². The molecule has 1 N–H and O–H groups in total. The van der Waals surface area contributed by atoms with Crippen molar-refractivity contribution in [3.8, 4) is 11.6 Å². The highest BCUT2D eigenvalue weighted by atomic mass is 127. The van der Waals surface area contributed by atoms with Crippen LogP contribution in [0.1, 0.15) is 37.0 Å². The lowest BCUT2D eigenvalue weighted by atomic mass is 10.1. The largest absolute Gasteiger partial charge is 0.495 e. The van der Waals surface area contributed by atoms with Gasteiger partial charge in [0.15, 0.2) is 5.65 Å². The van der Waals surface area contributed by atoms with Crippen molar-refractivity contribution >= 4 is 58.9 Å². The van der Waals surface area contributed by atoms with Gasteiger partial charge in [-0.25, -0.2) is 0 Å². The van der Waals surface area contributed by atoms with Crippen LogP contribution in [0.3, 0.4) is 0 Å². The molecule has 0 unspecified atom stereocenters. The summed E-state index contributed by atoms with van der Waals surface area (Å²) in [5.41, 5.74) is 2.04. The number of fused-ring (bicyclic) bond motifs is 1. The van der Waals surface area contributed by atoms with Gasteiger partial charge in [-0.3, -0.25) is 8.77 Å². The van der Waals surface area contributed by atoms with Gasteiger partial charge in [-0.1, -0.05) is 0 Å². The number of carbonyl (C=O) groups is 1. The van der Waals surface area contributed by atoms with E-state index in [9.17, 15) is 4.79 Å². The zero-order valence-electron chi connectivity index (χ0n) is 17.6. The molecule has 2 aromatic heterocycles. The first-order valence-corrected chi connectivity index (χ1v) is 13.4. The highest BCUT2D eigenvalue weighted by Gasteiger charge is 2.26. The van der Waals surface area contributed by atoms with E-state index in [0.29, 0.717) is 35.4 Å². The van der Waals surface area contributed by atoms with Gasteiger partial charge in [0, 0.05) is 54.7 Å². The molecule has 3 aromatic rings. The summed E-state index contributed by atoms with van der Waals surface area (Å²) in [7, 11) is 3.10. The van der Waals surface area contributed by atoms with Crippen molar-refractivity contribution in [2.24, 2.45) is 0 Å². The molecule has 0 aliphatic carbocycles. The van der Waals surface area contributed by atoms with Crippen LogP contribution in [-0.2, 0) is 0 Å². The second-order valence-electron chi connectivity index (χ2n) is 7.26. The van der Waals surface area contributed by atoms with Crippen LogP contribution in [0.5, 0.6) is 11.6 Å². The van der Waals surface area contributed by atoms with Crippen molar-refractivity contribution in [2.75, 3.05) is 25.6 Å². The minimum atomic E-state index is 0.0306. The highest BCUT2D eigenvalue weighted by molar-refractivity contribution is 14.2. The van der Waals surface area contributed by atoms with E-state index >= 15 is 0 Å². The van der Waals surface area contributed by atoms with Gasteiger partial charge in [0.05, 0.1) is 24.8 Å². The number of nitrogens with one attached hydrogen (secondary N) is 1. The smallest absolute Gasteiger partial charge is 0.254 e. The average Bonchev–Trinajstić information content (AvgIpc) is 3.39. The summed E-state index contributed by atoms with van der Waals surface area (Å²) in [4.78, 5) is 24.0. The molecule has 1 saturated heterocycles. The number of benzene rings is 1. The van der Waals surface area contributed by atoms with Gasteiger partial charge in [0.2, 0.25) is 11.8 Å². The average molecular weight is 553 g/mol. The van der Waals surface area contributed by atoms with Crippen molar-refractivity contribution in [2.45, 2.75) is 32.7 Å². The van der Waals surface area contributed by atoms with Crippen molar-refractivity contribution in [1.82, 2.24) is 18.8 Å². The second-order valence-corrected chi connectivity index (χ2v) is 8.98. The van der Waals surface area contributed by atoms with Gasteiger partial charge in [-0.2, -0.15) is 9.97 Å². The Balaban J connectivity index is 1.66. The topological polar surface area (TPSA) is 81.5 Å². The number of halogens is 1. The third-order valence-electron chi connectivity index (χ3n) is 5.34. The molecule has 164 valence electrons. The summed E-state index contributed by atoms with van der Waals surface area (Å²) in [5, 5.41) is 4.07. The van der Waals surface area contributed by atoms with E-state index in [1.54, 1.807) is 13.2 Å². The molecule has 0 saturated carbocycles. The van der Waals surface area contributed by atoms with Crippen LogP contribution in [0.4, 0.5) is 11.6 Å². The summed E-state index contributed by atoms with van der Waals surface area (Å²) in [6, 6.07) is 7.61. The van der Waals surface area contributed by atoms with Crippen LogP contribution in [0.25, 0.3) is 11.0 Å². The molecule has 1 aliphatic heterocycles. The summed E-state index contributed by atoms with van der Waals surface area (Å²) >= 11 is 2.21. The number of hydrogen-bond donors (Lipinski definition) is 1. The van der Waals surface area contributed by atoms with Crippen LogP contribution in [0.15, 0.2) is 30.5 Å². The minimum Gasteiger partial charge on any atom is -0.495 e. The fraction of sp³-hybridized carbons (Fsp3) is 0.381. The van der Waals surface area contributed by atoms with Crippen LogP contribution in [-0.4, -0.2) is 51.1 Å². The molecule has 0 spiro atoms. The van der Waals surface area contributed by atoms with E-state index in [1.165, 1.54) is 9.12 Å². The van der Waals surface area contributed by atoms with E-state index in [1.807, 2.05) is 40.2 Å². The number of hydrogen-bond acceptors (Lipinski definition) is 7. The Kier molecular flexibility index (Phi) is 6.75. The van der Waals surface area contributed by atoms with E-state index in [2.05, 4.69) is 43.4 Å². The molecule has 0 radical (unpaired) electrons. The molecule has 3 heterocycles. The number of rotatable bonds is 7. The lowest BCUT2D eigenvalue weighted by molar-refractivity contribution is 0.0747. The number of ether oxygens (including phenoxy) is 2. The van der Waals surface area contributed by atoms with Crippen molar-refractivity contribution in [3.05, 3.63) is 36.0 Å². The van der Waals surface area contributed by atoms with Gasteiger partial charge in [0.1, 0.15) is 5.75 Å². The third-order valence-corrected chi connectivity index (χ3v) is 7.06. The molecule has 1 aliphatic rings. The van der Waals surface area contributed by atoms with Gasteiger partial charge < -0.3 is 19.7 Å². The zero-order valence-corrected chi connectivity index (χ0v) is 20.6. The highest BCUT2D eigenvalue weighted by Crippen LogP contribution is 2.33. The van der Waals surface area contributed by atoms with Gasteiger partial charge >= 0.3 is 0 Å². The molecule has 31 heavy (non-hydrogen) atoms. The van der Waals surface area contributed by atoms with Crippen LogP contribution in [0, 0.1) is 0 Å². The molecule has 1 atom stereocenters. The van der Waals surface area contributed by atoms with E-state index < -0.39 is 0 Å². The third kappa shape index (κ3) is 4.40. The molecular formula is C21H24IN5O3S. The normalized spacial score (nSPS) is 16.0. The van der Waals surface area contributed by atoms with Crippen LogP contribution < -0.4 is 14.8 Å². The summed E-state index contributed by atoms with van der Waals surface area (Å²) < 4.78 is 13.2. The molecule has 8 nitrogen and oxygen atoms in total. The Hall–Kier alpha value is -2.21. The maximum absolute atomic E-state index is 12.9. The molecule has 4 rings (SSSR count). The summed E-state index contributed by atoms with van der Waals surface area (Å²) in [5.74, 6) is 1.50. The molecule has 0 bridgehead atoms. The fourth-order valence-corrected chi connectivity index (χ4v) is 5.04. The quantitative estimate of drug-likeness (QED) is 0.410. The number of nitrogens with zero attached hydrogens (tertiary/aromatic N) is 4. The van der Waals surface area contributed by atoms with Gasteiger partial charge in [0.25, 0.3) is 5.91 Å². The monoisotopic (exact) mass is 553 g/mol. The van der Waals surface area contributed by atoms with Crippen molar-refractivity contribution in [3.63, 3.8) is 0 Å². The van der Waals surface area contributed by atoms with E-state index in [0.717, 1.165) is 30.4 Å². The predicted octanol–water partition coefficient (Wildman–Crippen LogP) is 5.05. The minimum absolute atomic E-state index is 0.0306. The van der Waals surface area contributed by atoms with E-state index in [4.69, 9.17) is 9.47 Å². The summed E-state index contributed by atoms with van der Waals surface area (Å²) in [6.45, 7) is 5.31. The Morgan fingerprint density at radius 2 is 2.19 bits per heavy atom. The first-order valence-electron chi connectivity index (χ1n) is 10.1. The number of methoxy groups -OCH3 is 1. The van der Waals surface area contributed by atoms with Crippen molar-refractivity contribution in [1.29, 1.82) is 0 Å². The molecule has 1 amide bonds. The number of carbonyl (C=O) groups excluding carboxylic acids is 1. The number of likely N-dealkylation sites (tertiary alicyclic amines) is 1. The molecule has 1 fully saturated rings. The number of aromatic nitrogens is 3. The Morgan fingerprint density at radius 3 is 2.87 bits per heavy atom. The standard InChI is InChI=1S/C21H24IN5O3S/c1-4-30-19-15-9-11-27(31-22)18(15)24-21(25-19)23-16-8-7-14(12-17(16)29-3)20(28)26-10-5-6-13(26)2/h7-9,11-13H,4-6,10H2,1-3H3,(H,23,24,25)/t13-/m0/s1. The van der Waals surface area contributed by atoms with Crippen LogP contribution >= 0.6 is 30.3 Å². The first-order chi connectivity index (χ1) is 15.0. The maximum atomic E-state index is 12.9. The SMILES string of the molecule is CCOc1nc(Nc2ccc(C(=O)N3CCC[C@@H]3C)cc2OC)nc2c1ccn2SI. The number of amides is 1.